The highest BCUT2D eigenvalue weighted by atomic mass is 32.1. The van der Waals surface area contributed by atoms with Crippen LogP contribution in [0.3, 0.4) is 0 Å². The summed E-state index contributed by atoms with van der Waals surface area (Å²) in [7, 11) is 1.60. The van der Waals surface area contributed by atoms with Gasteiger partial charge in [0.25, 0.3) is 5.91 Å². The molecule has 1 heterocycles. The van der Waals surface area contributed by atoms with E-state index in [-0.39, 0.29) is 16.3 Å². The molecule has 0 atom stereocenters. The maximum atomic E-state index is 14.5. The molecule has 1 aromatic heterocycles. The molecule has 0 bridgehead atoms. The minimum Gasteiger partial charge on any atom is -0.496 e. The number of carboxylic acid groups (broad SMARTS) is 1. The van der Waals surface area contributed by atoms with Gasteiger partial charge in [0.2, 0.25) is 0 Å². The largest absolute Gasteiger partial charge is 0.496 e. The summed E-state index contributed by atoms with van der Waals surface area (Å²) in [6, 6.07) is 7.51. The first-order valence-corrected chi connectivity index (χ1v) is 14.0. The zero-order valence-electron chi connectivity index (χ0n) is 23.1. The van der Waals surface area contributed by atoms with E-state index >= 15 is 0 Å². The molecule has 0 radical (unpaired) electrons. The van der Waals surface area contributed by atoms with E-state index < -0.39 is 29.1 Å². The highest BCUT2D eigenvalue weighted by Crippen LogP contribution is 2.35. The highest BCUT2D eigenvalue weighted by Gasteiger charge is 2.18. The topological polar surface area (TPSA) is 97.8 Å². The van der Waals surface area contributed by atoms with Crippen LogP contribution in [0.25, 0.3) is 17.3 Å². The Morgan fingerprint density at radius 3 is 2.50 bits per heavy atom. The second kappa shape index (κ2) is 14.7. The van der Waals surface area contributed by atoms with Gasteiger partial charge in [0.05, 0.1) is 12.8 Å². The molecule has 0 saturated carbocycles. The summed E-state index contributed by atoms with van der Waals surface area (Å²) in [6.45, 7) is 6.99. The van der Waals surface area contributed by atoms with Crippen molar-refractivity contribution in [2.24, 2.45) is 5.92 Å². The average molecular weight is 573 g/mol. The number of benzene rings is 2. The van der Waals surface area contributed by atoms with Crippen LogP contribution in [-0.4, -0.2) is 42.3 Å². The normalized spacial score (nSPS) is 11.6. The lowest BCUT2D eigenvalue weighted by Gasteiger charge is -2.14. The number of ether oxygens (including phenoxy) is 2. The van der Waals surface area contributed by atoms with E-state index in [0.29, 0.717) is 24.0 Å². The number of amides is 1. The van der Waals surface area contributed by atoms with Gasteiger partial charge < -0.3 is 14.6 Å². The Morgan fingerprint density at radius 1 is 1.18 bits per heavy atom. The molecular weight excluding hydrogens is 538 g/mol. The Bertz CT molecular complexity index is 1340. The van der Waals surface area contributed by atoms with Gasteiger partial charge in [-0.3, -0.25) is 10.1 Å². The first-order valence-electron chi connectivity index (χ1n) is 13.1. The van der Waals surface area contributed by atoms with Crippen LogP contribution in [-0.2, 0) is 16.0 Å². The number of rotatable bonds is 14. The maximum Gasteiger partial charge on any atom is 0.331 e. The second-order valence-electron chi connectivity index (χ2n) is 9.34. The lowest BCUT2D eigenvalue weighted by atomic mass is 10.0. The molecular formula is C30H34F2N2O5S. The molecule has 0 aliphatic carbocycles. The van der Waals surface area contributed by atoms with Gasteiger partial charge in [-0.1, -0.05) is 38.8 Å². The van der Waals surface area contributed by atoms with Gasteiger partial charge in [0.15, 0.2) is 5.13 Å². The van der Waals surface area contributed by atoms with Crippen molar-refractivity contribution in [2.45, 2.75) is 46.5 Å². The predicted octanol–water partition coefficient (Wildman–Crippen LogP) is 7.22. The molecule has 0 spiro atoms. The summed E-state index contributed by atoms with van der Waals surface area (Å²) in [5.41, 5.74) is 1.33. The van der Waals surface area contributed by atoms with Gasteiger partial charge in [0, 0.05) is 40.9 Å². The van der Waals surface area contributed by atoms with Crippen LogP contribution < -0.4 is 10.1 Å². The smallest absolute Gasteiger partial charge is 0.331 e. The number of aryl methyl sites for hydroxylation is 1. The Kier molecular flexibility index (Phi) is 11.3. The summed E-state index contributed by atoms with van der Waals surface area (Å²) in [5.74, 6) is -2.88. The van der Waals surface area contributed by atoms with Gasteiger partial charge in [-0.25, -0.2) is 18.6 Å². The number of aliphatic carboxylic acids is 1. The molecule has 0 unspecified atom stereocenters. The first kappa shape index (κ1) is 30.9. The number of carbonyl (C=O) groups is 2. The van der Waals surface area contributed by atoms with Crippen molar-refractivity contribution in [2.75, 3.05) is 25.6 Å². The fraction of sp³-hybridized carbons (Fsp3) is 0.367. The van der Waals surface area contributed by atoms with E-state index in [1.807, 2.05) is 18.2 Å². The molecule has 0 fully saturated rings. The van der Waals surface area contributed by atoms with Gasteiger partial charge in [-0.15, -0.1) is 11.3 Å². The number of carbonyl (C=O) groups excluding carboxylic acids is 1. The van der Waals surface area contributed by atoms with Crippen LogP contribution in [0.15, 0.2) is 41.3 Å². The minimum absolute atomic E-state index is 0.241. The summed E-state index contributed by atoms with van der Waals surface area (Å²) in [4.78, 5) is 28.2. The standard InChI is InChI=1S/C30H34F2N2O5S/c1-5-19(6-2)16-39-12-8-10-20-9-7-11-22(27(20)38-4)26-17-40-30(33-26)34-28(35)21-14-24(31)23(25(32)15-21)13-18(3)29(36)37/h7,9,11,13-15,17,19H,5-6,8,10,12,16H2,1-4H3,(H,36,37)(H,33,34,35)/b18-13+. The monoisotopic (exact) mass is 572 g/mol. The van der Waals surface area contributed by atoms with Crippen LogP contribution >= 0.6 is 11.3 Å². The lowest BCUT2D eigenvalue weighted by Crippen LogP contribution is -2.13. The van der Waals surface area contributed by atoms with E-state index in [2.05, 4.69) is 24.1 Å². The van der Waals surface area contributed by atoms with E-state index in [4.69, 9.17) is 14.6 Å². The molecule has 10 heteroatoms. The highest BCUT2D eigenvalue weighted by molar-refractivity contribution is 7.14. The number of aromatic nitrogens is 1. The first-order chi connectivity index (χ1) is 19.2. The molecule has 2 N–H and O–H groups in total. The van der Waals surface area contributed by atoms with Gasteiger partial charge in [-0.2, -0.15) is 0 Å². The van der Waals surface area contributed by atoms with Crippen molar-refractivity contribution >= 4 is 34.4 Å². The van der Waals surface area contributed by atoms with E-state index in [9.17, 15) is 18.4 Å². The van der Waals surface area contributed by atoms with Crippen LogP contribution in [0.2, 0.25) is 0 Å². The van der Waals surface area contributed by atoms with Crippen LogP contribution in [0, 0.1) is 17.6 Å². The summed E-state index contributed by atoms with van der Waals surface area (Å²) >= 11 is 1.17. The minimum atomic E-state index is -1.30. The van der Waals surface area contributed by atoms with Crippen molar-refractivity contribution in [3.05, 3.63) is 69.6 Å². The number of para-hydroxylation sites is 1. The summed E-state index contributed by atoms with van der Waals surface area (Å²) in [5, 5.41) is 13.5. The van der Waals surface area contributed by atoms with Crippen molar-refractivity contribution in [3.63, 3.8) is 0 Å². The molecule has 0 saturated heterocycles. The third kappa shape index (κ3) is 7.95. The zero-order valence-corrected chi connectivity index (χ0v) is 23.9. The van der Waals surface area contributed by atoms with Gasteiger partial charge in [-0.05, 0) is 55.5 Å². The van der Waals surface area contributed by atoms with Crippen LogP contribution in [0.5, 0.6) is 5.75 Å². The number of methoxy groups -OCH3 is 1. The lowest BCUT2D eigenvalue weighted by molar-refractivity contribution is -0.132. The molecule has 3 aromatic rings. The van der Waals surface area contributed by atoms with E-state index in [1.165, 1.54) is 18.3 Å². The number of hydrogen-bond acceptors (Lipinski definition) is 6. The van der Waals surface area contributed by atoms with E-state index in [1.54, 1.807) is 12.5 Å². The maximum absolute atomic E-state index is 14.5. The van der Waals surface area contributed by atoms with Gasteiger partial charge in [0.1, 0.15) is 17.4 Å². The Morgan fingerprint density at radius 2 is 1.88 bits per heavy atom. The third-order valence-corrected chi connectivity index (χ3v) is 7.34. The molecule has 2 aromatic carbocycles. The Hall–Kier alpha value is -3.63. The fourth-order valence-electron chi connectivity index (χ4n) is 4.12. The van der Waals surface area contributed by atoms with Crippen LogP contribution in [0.4, 0.5) is 13.9 Å². The van der Waals surface area contributed by atoms with Crippen molar-refractivity contribution in [1.29, 1.82) is 0 Å². The molecule has 3 rings (SSSR count). The molecule has 40 heavy (non-hydrogen) atoms. The molecule has 1 amide bonds. The number of carboxylic acids is 1. The van der Waals surface area contributed by atoms with Crippen molar-refractivity contribution < 1.29 is 33.0 Å². The average Bonchev–Trinajstić information content (AvgIpc) is 3.40. The second-order valence-corrected chi connectivity index (χ2v) is 10.2. The molecule has 0 aliphatic heterocycles. The molecule has 214 valence electrons. The summed E-state index contributed by atoms with van der Waals surface area (Å²) < 4.78 is 40.5. The number of hydrogen-bond donors (Lipinski definition) is 2. The number of halogens is 2. The predicted molar refractivity (Wildman–Crippen MR) is 153 cm³/mol. The Balaban J connectivity index is 1.70. The fourth-order valence-corrected chi connectivity index (χ4v) is 4.82. The third-order valence-electron chi connectivity index (χ3n) is 6.58. The number of nitrogens with one attached hydrogen (secondary N) is 1. The molecule has 0 aliphatic rings. The quantitative estimate of drug-likeness (QED) is 0.156. The SMILES string of the molecule is CCC(CC)COCCCc1cccc(-c2csc(NC(=O)c3cc(F)c(/C=C(\C)C(=O)O)c(F)c3)n2)c1OC. The van der Waals surface area contributed by atoms with Crippen molar-refractivity contribution in [1.82, 2.24) is 4.98 Å². The summed E-state index contributed by atoms with van der Waals surface area (Å²) in [6.07, 6.45) is 4.70. The van der Waals surface area contributed by atoms with E-state index in [0.717, 1.165) is 61.6 Å². The molecule has 7 nitrogen and oxygen atoms in total. The van der Waals surface area contributed by atoms with Crippen LogP contribution in [0.1, 0.15) is 61.5 Å². The van der Waals surface area contributed by atoms with Crippen molar-refractivity contribution in [3.8, 4) is 17.0 Å². The number of anilines is 1. The zero-order chi connectivity index (χ0) is 29.2. The number of thiazole rings is 1. The number of nitrogens with zero attached hydrogens (tertiary/aromatic N) is 1. The van der Waals surface area contributed by atoms with Gasteiger partial charge >= 0.3 is 5.97 Å². The Labute approximate surface area is 236 Å².